The van der Waals surface area contributed by atoms with Crippen LogP contribution in [0.3, 0.4) is 0 Å². The summed E-state index contributed by atoms with van der Waals surface area (Å²) >= 11 is 0. The number of rotatable bonds is 5. The molecular weight excluding hydrogens is 340 g/mol. The van der Waals surface area contributed by atoms with Crippen molar-refractivity contribution in [2.75, 3.05) is 27.3 Å². The summed E-state index contributed by atoms with van der Waals surface area (Å²) in [5.74, 6) is -0.285. The molecular formula is C17H28N4O5. The van der Waals surface area contributed by atoms with Crippen molar-refractivity contribution in [1.29, 1.82) is 0 Å². The zero-order valence-corrected chi connectivity index (χ0v) is 16.3. The maximum absolute atomic E-state index is 12.5. The van der Waals surface area contributed by atoms with E-state index >= 15 is 0 Å². The van der Waals surface area contributed by atoms with Crippen LogP contribution >= 0.6 is 0 Å². The molecule has 0 fully saturated rings. The number of methoxy groups -OCH3 is 2. The Morgan fingerprint density at radius 3 is 2.50 bits per heavy atom. The predicted molar refractivity (Wildman–Crippen MR) is 93.7 cm³/mol. The number of aryl methyl sites for hydroxylation is 1. The highest BCUT2D eigenvalue weighted by molar-refractivity contribution is 5.94. The van der Waals surface area contributed by atoms with Gasteiger partial charge in [-0.15, -0.1) is 0 Å². The third kappa shape index (κ3) is 4.73. The highest BCUT2D eigenvalue weighted by Crippen LogP contribution is 2.23. The molecule has 0 saturated carbocycles. The van der Waals surface area contributed by atoms with Crippen LogP contribution in [0.15, 0.2) is 0 Å². The van der Waals surface area contributed by atoms with E-state index in [4.69, 9.17) is 14.2 Å². The Balaban J connectivity index is 2.09. The molecule has 146 valence electrons. The van der Waals surface area contributed by atoms with Gasteiger partial charge < -0.3 is 24.4 Å². The molecule has 2 rings (SSSR count). The number of nitrogens with zero attached hydrogens (tertiary/aromatic N) is 3. The van der Waals surface area contributed by atoms with E-state index in [1.165, 1.54) is 14.2 Å². The van der Waals surface area contributed by atoms with E-state index in [-0.39, 0.29) is 18.5 Å². The van der Waals surface area contributed by atoms with Crippen LogP contribution in [-0.4, -0.2) is 65.9 Å². The van der Waals surface area contributed by atoms with E-state index in [0.29, 0.717) is 25.2 Å². The smallest absolute Gasteiger partial charge is 0.410 e. The standard InChI is InChI=1S/C17H28N4O5/c1-17(2,3)26-16(23)21-8-7-11-12(10-21)20(4)19-14(11)15(22)18-9-13(24-5)25-6/h13H,7-10H2,1-6H3,(H,18,22). The van der Waals surface area contributed by atoms with Gasteiger partial charge in [-0.05, 0) is 27.2 Å². The predicted octanol–water partition coefficient (Wildman–Crippen LogP) is 1.06. The Labute approximate surface area is 153 Å². The lowest BCUT2D eigenvalue weighted by molar-refractivity contribution is -0.0974. The van der Waals surface area contributed by atoms with Gasteiger partial charge in [-0.2, -0.15) is 5.10 Å². The number of aromatic nitrogens is 2. The first kappa shape index (κ1) is 20.2. The summed E-state index contributed by atoms with van der Waals surface area (Å²) < 4.78 is 17.2. The average molecular weight is 368 g/mol. The van der Waals surface area contributed by atoms with Gasteiger partial charge in [-0.1, -0.05) is 0 Å². The minimum atomic E-state index is -0.548. The van der Waals surface area contributed by atoms with Crippen LogP contribution < -0.4 is 5.32 Å². The van der Waals surface area contributed by atoms with Crippen molar-refractivity contribution in [3.8, 4) is 0 Å². The third-order valence-electron chi connectivity index (χ3n) is 4.07. The summed E-state index contributed by atoms with van der Waals surface area (Å²) in [6.45, 7) is 6.56. The number of nitrogens with one attached hydrogen (secondary N) is 1. The van der Waals surface area contributed by atoms with E-state index < -0.39 is 11.9 Å². The summed E-state index contributed by atoms with van der Waals surface area (Å²) in [5, 5.41) is 7.09. The molecule has 0 bridgehead atoms. The Morgan fingerprint density at radius 2 is 1.92 bits per heavy atom. The number of fused-ring (bicyclic) bond motifs is 1. The van der Waals surface area contributed by atoms with Crippen LogP contribution in [0, 0.1) is 0 Å². The lowest BCUT2D eigenvalue weighted by Gasteiger charge is -2.30. The van der Waals surface area contributed by atoms with Gasteiger partial charge in [0.1, 0.15) is 5.60 Å². The molecule has 1 aromatic rings. The molecule has 9 nitrogen and oxygen atoms in total. The second-order valence-corrected chi connectivity index (χ2v) is 7.16. The third-order valence-corrected chi connectivity index (χ3v) is 4.07. The van der Waals surface area contributed by atoms with Gasteiger partial charge in [0.05, 0.1) is 18.8 Å². The van der Waals surface area contributed by atoms with Gasteiger partial charge in [-0.25, -0.2) is 4.79 Å². The van der Waals surface area contributed by atoms with Gasteiger partial charge in [0.15, 0.2) is 12.0 Å². The Bertz CT molecular complexity index is 661. The molecule has 2 heterocycles. The number of hydrogen-bond acceptors (Lipinski definition) is 6. The zero-order valence-electron chi connectivity index (χ0n) is 16.3. The summed E-state index contributed by atoms with van der Waals surface area (Å²) in [6.07, 6.45) is -0.331. The number of carbonyl (C=O) groups is 2. The molecule has 1 aliphatic heterocycles. The van der Waals surface area contributed by atoms with Crippen molar-refractivity contribution in [3.63, 3.8) is 0 Å². The summed E-state index contributed by atoms with van der Waals surface area (Å²) in [4.78, 5) is 26.4. The quantitative estimate of drug-likeness (QED) is 0.781. The van der Waals surface area contributed by atoms with Gasteiger partial charge in [-0.3, -0.25) is 9.48 Å². The van der Waals surface area contributed by atoms with Crippen LogP contribution in [0.4, 0.5) is 4.79 Å². The molecule has 0 spiro atoms. The lowest BCUT2D eigenvalue weighted by Crippen LogP contribution is -2.40. The number of amides is 2. The lowest BCUT2D eigenvalue weighted by atomic mass is 10.0. The minimum Gasteiger partial charge on any atom is -0.444 e. The Kier molecular flexibility index (Phi) is 6.25. The Morgan fingerprint density at radius 1 is 1.27 bits per heavy atom. The number of carbonyl (C=O) groups excluding carboxylic acids is 2. The molecule has 0 saturated heterocycles. The molecule has 0 aliphatic carbocycles. The van der Waals surface area contributed by atoms with Gasteiger partial charge in [0.2, 0.25) is 0 Å². The van der Waals surface area contributed by atoms with Crippen molar-refractivity contribution in [2.45, 2.75) is 45.6 Å². The molecule has 1 aromatic heterocycles. The maximum Gasteiger partial charge on any atom is 0.410 e. The van der Waals surface area contributed by atoms with E-state index in [9.17, 15) is 9.59 Å². The zero-order chi connectivity index (χ0) is 19.5. The largest absolute Gasteiger partial charge is 0.444 e. The SMILES string of the molecule is COC(CNC(=O)c1nn(C)c2c1CCN(C(=O)OC(C)(C)C)C2)OC. The van der Waals surface area contributed by atoms with E-state index in [1.807, 2.05) is 20.8 Å². The molecule has 0 unspecified atom stereocenters. The average Bonchev–Trinajstić information content (AvgIpc) is 2.90. The minimum absolute atomic E-state index is 0.223. The van der Waals surface area contributed by atoms with Crippen molar-refractivity contribution in [1.82, 2.24) is 20.0 Å². The summed E-state index contributed by atoms with van der Waals surface area (Å²) in [5.41, 5.74) is 1.52. The van der Waals surface area contributed by atoms with E-state index in [1.54, 1.807) is 16.6 Å². The monoisotopic (exact) mass is 368 g/mol. The fourth-order valence-corrected chi connectivity index (χ4v) is 2.76. The first-order valence-corrected chi connectivity index (χ1v) is 8.52. The summed E-state index contributed by atoms with van der Waals surface area (Å²) in [7, 11) is 4.78. The van der Waals surface area contributed by atoms with Crippen LogP contribution in [0.5, 0.6) is 0 Å². The van der Waals surface area contributed by atoms with Crippen LogP contribution in [-0.2, 0) is 34.2 Å². The first-order chi connectivity index (χ1) is 12.2. The van der Waals surface area contributed by atoms with Crippen molar-refractivity contribution >= 4 is 12.0 Å². The van der Waals surface area contributed by atoms with Crippen LogP contribution in [0.2, 0.25) is 0 Å². The fraction of sp³-hybridized carbons (Fsp3) is 0.706. The maximum atomic E-state index is 12.5. The van der Waals surface area contributed by atoms with E-state index in [2.05, 4.69) is 10.4 Å². The van der Waals surface area contributed by atoms with Crippen LogP contribution in [0.1, 0.15) is 42.5 Å². The molecule has 1 aliphatic rings. The molecule has 0 atom stereocenters. The molecule has 1 N–H and O–H groups in total. The number of hydrogen-bond donors (Lipinski definition) is 1. The fourth-order valence-electron chi connectivity index (χ4n) is 2.76. The van der Waals surface area contributed by atoms with Crippen LogP contribution in [0.25, 0.3) is 0 Å². The molecule has 2 amide bonds. The second kappa shape index (κ2) is 8.05. The molecule has 0 aromatic carbocycles. The van der Waals surface area contributed by atoms with Crippen molar-refractivity contribution in [3.05, 3.63) is 17.0 Å². The molecule has 9 heteroatoms. The number of ether oxygens (including phenoxy) is 3. The first-order valence-electron chi connectivity index (χ1n) is 8.52. The van der Waals surface area contributed by atoms with Gasteiger partial charge in [0.25, 0.3) is 5.91 Å². The van der Waals surface area contributed by atoms with Crippen molar-refractivity contribution < 1.29 is 23.8 Å². The molecule has 26 heavy (non-hydrogen) atoms. The molecule has 0 radical (unpaired) electrons. The van der Waals surface area contributed by atoms with Gasteiger partial charge >= 0.3 is 6.09 Å². The van der Waals surface area contributed by atoms with E-state index in [0.717, 1.165) is 11.3 Å². The van der Waals surface area contributed by atoms with Gasteiger partial charge in [0, 0.05) is 33.4 Å². The highest BCUT2D eigenvalue weighted by Gasteiger charge is 2.31. The normalized spacial score (nSPS) is 14.3. The Hall–Kier alpha value is -2.13. The topological polar surface area (TPSA) is 94.9 Å². The highest BCUT2D eigenvalue weighted by atomic mass is 16.7. The summed E-state index contributed by atoms with van der Waals surface area (Å²) in [6, 6.07) is 0. The van der Waals surface area contributed by atoms with Crippen molar-refractivity contribution in [2.24, 2.45) is 7.05 Å². The second-order valence-electron chi connectivity index (χ2n) is 7.16.